The Morgan fingerprint density at radius 2 is 0.520 bits per heavy atom. The lowest BCUT2D eigenvalue weighted by atomic mass is 9.96. The van der Waals surface area contributed by atoms with E-state index in [9.17, 15) is 20.4 Å². The Morgan fingerprint density at radius 3 is 0.959 bits per heavy atom. The molecule has 8 aromatic heterocycles. The Bertz CT molecular complexity index is 8330. The molecule has 22 aromatic rings. The lowest BCUT2D eigenvalue weighted by Gasteiger charge is -2.14. The van der Waals surface area contributed by atoms with Crippen molar-refractivity contribution in [3.63, 3.8) is 0 Å². The van der Waals surface area contributed by atoms with Gasteiger partial charge in [-0.25, -0.2) is 19.9 Å². The summed E-state index contributed by atoms with van der Waals surface area (Å²) in [5.74, 6) is 4.14. The lowest BCUT2D eigenvalue weighted by molar-refractivity contribution is 0.232. The highest BCUT2D eigenvalue weighted by atomic mass is 16.5. The van der Waals surface area contributed by atoms with E-state index in [0.717, 1.165) is 169 Å². The first kappa shape index (κ1) is 100.0. The molecule has 746 valence electrons. The molecule has 0 aliphatic heterocycles. The Labute approximate surface area is 861 Å². The summed E-state index contributed by atoms with van der Waals surface area (Å²) in [6.07, 6.45) is 25.5. The number of furan rings is 4. The summed E-state index contributed by atoms with van der Waals surface area (Å²) in [4.78, 5) is 37.7. The van der Waals surface area contributed by atoms with Gasteiger partial charge in [0.2, 0.25) is 23.5 Å². The van der Waals surface area contributed by atoms with E-state index in [2.05, 4.69) is 113 Å². The average Bonchev–Trinajstić information content (AvgIpc) is 1.55. The standard InChI is InChI=1S/C35H26N2O3.2C34H38N2O3.C25H20N2O3/c1-21(2)39-33-20-29(36-35(37-33)26-14-8-9-15-30(26)38)28-19-32-34(25-13-7-6-12-24(25)28)27-17-16-23(18-31(27)40-32)22-10-4-3-5-11-22;1-2-3-4-5-6-7-8-9-10-15-22-38-33-24-29(35-34(36-33)28-17-11-13-18-30(28)37)25-20-21-27-26-16-12-14-19-31(26)39-32(27)23-25;1-2-3-4-5-6-7-8-9-10-15-22-38-33-24-29(35-34(36-33)27-17-11-13-18-30(27)37)25-20-21-32-28(23-25)26-16-12-14-19-31(26)39-32;1-15(2)29-24-14-20(26-25(27-24)19-8-3-5-9-21(19)28)16-11-12-18-17-7-4-6-10-22(17)30-23(18)13-16/h3-21,38H,1-2H3;2*11-14,16-21,23-24,37H,2-10,15,22H2,1H3;3-15,28H,1-2H3. The summed E-state index contributed by atoms with van der Waals surface area (Å²) in [5, 5.41) is 52.5. The monoisotopic (exact) mass is 1960 g/mol. The zero-order chi connectivity index (χ0) is 102. The van der Waals surface area contributed by atoms with Gasteiger partial charge in [0, 0.05) is 89.6 Å². The molecule has 0 atom stereocenters. The third-order valence-electron chi connectivity index (χ3n) is 26.5. The summed E-state index contributed by atoms with van der Waals surface area (Å²) in [6.45, 7) is 13.6. The topological polar surface area (TPSA) is 274 Å². The highest BCUT2D eigenvalue weighted by molar-refractivity contribution is 6.22. The molecule has 20 heteroatoms. The van der Waals surface area contributed by atoms with E-state index in [-0.39, 0.29) is 35.2 Å². The number of phenolic OH excluding ortho intramolecular Hbond substituents is 4. The Kier molecular flexibility index (Phi) is 32.3. The van der Waals surface area contributed by atoms with Crippen LogP contribution in [0.5, 0.6) is 46.5 Å². The third kappa shape index (κ3) is 24.1. The number of phenols is 4. The normalized spacial score (nSPS) is 11.5. The Morgan fingerprint density at radius 1 is 0.216 bits per heavy atom. The molecule has 148 heavy (non-hydrogen) atoms. The number of nitrogens with zero attached hydrogens (tertiary/aromatic N) is 8. The van der Waals surface area contributed by atoms with Crippen molar-refractivity contribution in [2.45, 2.75) is 182 Å². The van der Waals surface area contributed by atoms with E-state index in [1.54, 1.807) is 60.7 Å². The van der Waals surface area contributed by atoms with Gasteiger partial charge in [-0.2, -0.15) is 19.9 Å². The number of para-hydroxylation sites is 7. The van der Waals surface area contributed by atoms with Crippen molar-refractivity contribution in [2.75, 3.05) is 13.2 Å². The highest BCUT2D eigenvalue weighted by Crippen LogP contribution is 2.45. The predicted molar refractivity (Wildman–Crippen MR) is 597 cm³/mol. The molecule has 0 bridgehead atoms. The van der Waals surface area contributed by atoms with Crippen LogP contribution in [0.4, 0.5) is 0 Å². The van der Waals surface area contributed by atoms with Crippen LogP contribution in [-0.2, 0) is 0 Å². The molecule has 22 rings (SSSR count). The van der Waals surface area contributed by atoms with Crippen molar-refractivity contribution in [3.8, 4) is 148 Å². The summed E-state index contributed by atoms with van der Waals surface area (Å²) in [5.41, 5.74) is 17.6. The van der Waals surface area contributed by atoms with Gasteiger partial charge in [0.05, 0.1) is 70.5 Å². The third-order valence-corrected chi connectivity index (χ3v) is 26.5. The molecule has 14 aromatic carbocycles. The summed E-state index contributed by atoms with van der Waals surface area (Å²) < 4.78 is 48.8. The van der Waals surface area contributed by atoms with Crippen LogP contribution in [0.2, 0.25) is 0 Å². The van der Waals surface area contributed by atoms with Crippen LogP contribution in [0.3, 0.4) is 0 Å². The van der Waals surface area contributed by atoms with E-state index in [1.165, 1.54) is 103 Å². The minimum Gasteiger partial charge on any atom is -0.507 e. The van der Waals surface area contributed by atoms with Gasteiger partial charge in [0.15, 0.2) is 23.3 Å². The maximum Gasteiger partial charge on any atom is 0.217 e. The average molecular weight is 1960 g/mol. The van der Waals surface area contributed by atoms with Crippen LogP contribution in [0.1, 0.15) is 170 Å². The first-order valence-electron chi connectivity index (χ1n) is 52.1. The lowest BCUT2D eigenvalue weighted by Crippen LogP contribution is -2.08. The maximum absolute atomic E-state index is 10.6. The zero-order valence-electron chi connectivity index (χ0n) is 84.5. The van der Waals surface area contributed by atoms with Crippen LogP contribution in [0.15, 0.2) is 345 Å². The van der Waals surface area contributed by atoms with Gasteiger partial charge in [0.25, 0.3) is 0 Å². The summed E-state index contributed by atoms with van der Waals surface area (Å²) >= 11 is 0. The Hall–Kier alpha value is -16.7. The number of fused-ring (bicyclic) bond motifs is 14. The number of unbranched alkanes of at least 4 members (excludes halogenated alkanes) is 18. The fraction of sp³-hybridized carbons (Fsp3) is 0.234. The summed E-state index contributed by atoms with van der Waals surface area (Å²) in [6, 6.07) is 105. The van der Waals surface area contributed by atoms with E-state index in [0.29, 0.717) is 93.7 Å². The number of rotatable bonds is 37. The van der Waals surface area contributed by atoms with E-state index >= 15 is 0 Å². The van der Waals surface area contributed by atoms with Crippen molar-refractivity contribution in [3.05, 3.63) is 328 Å². The molecule has 0 amide bonds. The van der Waals surface area contributed by atoms with E-state index in [4.69, 9.17) is 56.6 Å². The van der Waals surface area contributed by atoms with Crippen molar-refractivity contribution in [1.82, 2.24) is 39.9 Å². The van der Waals surface area contributed by atoms with Crippen LogP contribution in [-0.4, -0.2) is 85.7 Å². The van der Waals surface area contributed by atoms with E-state index in [1.807, 2.05) is 216 Å². The molecule has 0 unspecified atom stereocenters. The molecule has 8 heterocycles. The summed E-state index contributed by atoms with van der Waals surface area (Å²) in [7, 11) is 0. The second kappa shape index (κ2) is 47.9. The molecular weight excluding hydrogens is 1840 g/mol. The minimum absolute atomic E-state index is 0.0391. The van der Waals surface area contributed by atoms with Crippen molar-refractivity contribution in [2.24, 2.45) is 0 Å². The van der Waals surface area contributed by atoms with Crippen LogP contribution in [0, 0.1) is 0 Å². The van der Waals surface area contributed by atoms with Gasteiger partial charge in [-0.15, -0.1) is 0 Å². The van der Waals surface area contributed by atoms with Gasteiger partial charge in [-0.3, -0.25) is 0 Å². The second-order valence-electron chi connectivity index (χ2n) is 38.1. The maximum atomic E-state index is 10.6. The fourth-order valence-corrected chi connectivity index (χ4v) is 19.0. The van der Waals surface area contributed by atoms with Crippen molar-refractivity contribution in [1.29, 1.82) is 0 Å². The van der Waals surface area contributed by atoms with Crippen molar-refractivity contribution >= 4 is 98.5 Å². The molecule has 0 saturated heterocycles. The fourth-order valence-electron chi connectivity index (χ4n) is 19.0. The van der Waals surface area contributed by atoms with Crippen LogP contribution in [0.25, 0.3) is 200 Å². The van der Waals surface area contributed by atoms with Gasteiger partial charge >= 0.3 is 0 Å². The number of ether oxygens (including phenoxy) is 4. The largest absolute Gasteiger partial charge is 0.507 e. The van der Waals surface area contributed by atoms with Gasteiger partial charge < -0.3 is 57.0 Å². The van der Waals surface area contributed by atoms with Crippen LogP contribution < -0.4 is 18.9 Å². The van der Waals surface area contributed by atoms with E-state index < -0.39 is 0 Å². The van der Waals surface area contributed by atoms with Crippen molar-refractivity contribution < 1.29 is 57.0 Å². The van der Waals surface area contributed by atoms with Gasteiger partial charge in [-0.1, -0.05) is 305 Å². The SMILES string of the molecule is CC(C)Oc1cc(-c2cc3oc4cc(-c5ccccc5)ccc4c3c3ccccc23)nc(-c2ccccc2O)n1.CC(C)Oc1cc(-c2ccc3c(c2)oc2ccccc23)nc(-c2ccccc2O)n1.CCCCCCCCCCCCOc1cc(-c2ccc3c(c2)oc2ccccc23)nc(-c2ccccc2O)n1.CCCCCCCCCCCCOc1cc(-c2ccc3oc4ccccc4c3c2)nc(-c2ccccc2O)n1. The number of benzene rings is 14. The molecule has 0 radical (unpaired) electrons. The molecule has 0 fully saturated rings. The molecule has 0 aliphatic rings. The first-order valence-corrected chi connectivity index (χ1v) is 52.1. The molecular formula is C128H122N8O12. The molecule has 0 aliphatic carbocycles. The zero-order valence-corrected chi connectivity index (χ0v) is 84.5. The minimum atomic E-state index is -0.0756. The molecule has 20 nitrogen and oxygen atoms in total. The second-order valence-corrected chi connectivity index (χ2v) is 38.1. The highest BCUT2D eigenvalue weighted by Gasteiger charge is 2.24. The smallest absolute Gasteiger partial charge is 0.217 e. The number of aromatic hydroxyl groups is 4. The number of hydrogen-bond acceptors (Lipinski definition) is 20. The molecule has 0 spiro atoms. The first-order chi connectivity index (χ1) is 72.6. The number of aromatic nitrogens is 8. The Balaban J connectivity index is 0.000000125. The van der Waals surface area contributed by atoms with Gasteiger partial charge in [-0.05, 0) is 190 Å². The quantitative estimate of drug-likeness (QED) is 0.0263. The van der Waals surface area contributed by atoms with Crippen LogP contribution >= 0.6 is 0 Å². The number of hydrogen-bond donors (Lipinski definition) is 4. The predicted octanol–water partition coefficient (Wildman–Crippen LogP) is 34.7. The molecule has 0 saturated carbocycles. The molecule has 4 N–H and O–H groups in total. The van der Waals surface area contributed by atoms with Gasteiger partial charge in [0.1, 0.15) is 67.7 Å².